The molecular weight excluding hydrogens is 300 g/mol. The third kappa shape index (κ3) is 4.58. The van der Waals surface area contributed by atoms with E-state index in [0.717, 1.165) is 45.3 Å². The lowest BCUT2D eigenvalue weighted by molar-refractivity contribution is -0.134. The molecule has 2 heterocycles. The lowest BCUT2D eigenvalue weighted by atomic mass is 9.90. The van der Waals surface area contributed by atoms with Crippen LogP contribution in [0.15, 0.2) is 30.3 Å². The SMILES string of the molecule is CC1CCN(CC(=O)N2CCC(Cc3ccccc3)CC2)CC1O. The Morgan fingerprint density at radius 2 is 1.83 bits per heavy atom. The van der Waals surface area contributed by atoms with Crippen LogP contribution in [-0.2, 0) is 11.2 Å². The maximum absolute atomic E-state index is 12.5. The summed E-state index contributed by atoms with van der Waals surface area (Å²) in [5.41, 5.74) is 1.40. The van der Waals surface area contributed by atoms with Gasteiger partial charge in [0.25, 0.3) is 0 Å². The number of rotatable bonds is 4. The van der Waals surface area contributed by atoms with Crippen LogP contribution in [0.4, 0.5) is 0 Å². The largest absolute Gasteiger partial charge is 0.392 e. The Balaban J connectivity index is 1.42. The number of carbonyl (C=O) groups excluding carboxylic acids is 1. The van der Waals surface area contributed by atoms with E-state index in [2.05, 4.69) is 42.2 Å². The fourth-order valence-corrected chi connectivity index (χ4v) is 3.88. The average Bonchev–Trinajstić information content (AvgIpc) is 2.60. The molecule has 132 valence electrons. The van der Waals surface area contributed by atoms with Crippen molar-refractivity contribution in [3.63, 3.8) is 0 Å². The second-order valence-corrected chi connectivity index (χ2v) is 7.58. The highest BCUT2D eigenvalue weighted by Crippen LogP contribution is 2.22. The predicted octanol–water partition coefficient (Wildman–Crippen LogP) is 2.17. The highest BCUT2D eigenvalue weighted by molar-refractivity contribution is 5.78. The number of aliphatic hydroxyl groups is 1. The van der Waals surface area contributed by atoms with Crippen molar-refractivity contribution in [3.05, 3.63) is 35.9 Å². The molecule has 2 unspecified atom stereocenters. The molecule has 0 aliphatic carbocycles. The van der Waals surface area contributed by atoms with Crippen LogP contribution in [0.2, 0.25) is 0 Å². The molecule has 0 bridgehead atoms. The van der Waals surface area contributed by atoms with E-state index < -0.39 is 0 Å². The first-order chi connectivity index (χ1) is 11.6. The van der Waals surface area contributed by atoms with Gasteiger partial charge in [-0.2, -0.15) is 0 Å². The number of amides is 1. The van der Waals surface area contributed by atoms with Gasteiger partial charge < -0.3 is 10.0 Å². The summed E-state index contributed by atoms with van der Waals surface area (Å²) in [7, 11) is 0. The lowest BCUT2D eigenvalue weighted by Gasteiger charge is -2.37. The van der Waals surface area contributed by atoms with Gasteiger partial charge in [-0.25, -0.2) is 0 Å². The molecule has 0 spiro atoms. The molecule has 1 N–H and O–H groups in total. The first-order valence-electron chi connectivity index (χ1n) is 9.34. The maximum Gasteiger partial charge on any atom is 0.236 e. The number of piperidine rings is 2. The van der Waals surface area contributed by atoms with Gasteiger partial charge in [-0.05, 0) is 49.6 Å². The second-order valence-electron chi connectivity index (χ2n) is 7.58. The Morgan fingerprint density at radius 3 is 2.50 bits per heavy atom. The van der Waals surface area contributed by atoms with Gasteiger partial charge in [-0.3, -0.25) is 9.69 Å². The number of hydrogen-bond acceptors (Lipinski definition) is 3. The third-order valence-corrected chi connectivity index (χ3v) is 5.70. The highest BCUT2D eigenvalue weighted by atomic mass is 16.3. The molecule has 1 amide bonds. The maximum atomic E-state index is 12.5. The molecule has 0 radical (unpaired) electrons. The standard InChI is InChI=1S/C20H30N2O2/c1-16-7-10-21(14-19(16)23)15-20(24)22-11-8-18(9-12-22)13-17-5-3-2-4-6-17/h2-6,16,18-19,23H,7-15H2,1H3. The monoisotopic (exact) mass is 330 g/mol. The predicted molar refractivity (Wildman–Crippen MR) is 95.7 cm³/mol. The smallest absolute Gasteiger partial charge is 0.236 e. The molecule has 1 aromatic rings. The molecule has 24 heavy (non-hydrogen) atoms. The van der Waals surface area contributed by atoms with Crippen molar-refractivity contribution in [1.82, 2.24) is 9.80 Å². The first-order valence-corrected chi connectivity index (χ1v) is 9.34. The number of carbonyl (C=O) groups is 1. The van der Waals surface area contributed by atoms with Gasteiger partial charge in [-0.15, -0.1) is 0 Å². The Morgan fingerprint density at radius 1 is 1.12 bits per heavy atom. The number of likely N-dealkylation sites (tertiary alicyclic amines) is 2. The van der Waals surface area contributed by atoms with Crippen LogP contribution in [0, 0.1) is 11.8 Å². The lowest BCUT2D eigenvalue weighted by Crippen LogP contribution is -2.49. The van der Waals surface area contributed by atoms with Gasteiger partial charge in [-0.1, -0.05) is 37.3 Å². The molecular formula is C20H30N2O2. The summed E-state index contributed by atoms with van der Waals surface area (Å²) in [6.07, 6.45) is 4.01. The van der Waals surface area contributed by atoms with Crippen molar-refractivity contribution in [2.24, 2.45) is 11.8 Å². The minimum Gasteiger partial charge on any atom is -0.392 e. The van der Waals surface area contributed by atoms with E-state index in [1.807, 2.05) is 4.90 Å². The zero-order chi connectivity index (χ0) is 16.9. The molecule has 2 atom stereocenters. The van der Waals surface area contributed by atoms with E-state index in [0.29, 0.717) is 24.9 Å². The number of benzene rings is 1. The topological polar surface area (TPSA) is 43.8 Å². The van der Waals surface area contributed by atoms with Gasteiger partial charge in [0, 0.05) is 19.6 Å². The molecule has 1 aromatic carbocycles. The van der Waals surface area contributed by atoms with Crippen LogP contribution in [0.3, 0.4) is 0 Å². The zero-order valence-electron chi connectivity index (χ0n) is 14.7. The van der Waals surface area contributed by atoms with Gasteiger partial charge in [0.05, 0.1) is 12.6 Å². The summed E-state index contributed by atoms with van der Waals surface area (Å²) >= 11 is 0. The van der Waals surface area contributed by atoms with Crippen molar-refractivity contribution in [3.8, 4) is 0 Å². The average molecular weight is 330 g/mol. The van der Waals surface area contributed by atoms with E-state index in [9.17, 15) is 9.90 Å². The van der Waals surface area contributed by atoms with E-state index in [4.69, 9.17) is 0 Å². The fraction of sp³-hybridized carbons (Fsp3) is 0.650. The van der Waals surface area contributed by atoms with Gasteiger partial charge in [0.15, 0.2) is 0 Å². The van der Waals surface area contributed by atoms with Crippen molar-refractivity contribution < 1.29 is 9.90 Å². The number of nitrogens with zero attached hydrogens (tertiary/aromatic N) is 2. The quantitative estimate of drug-likeness (QED) is 0.920. The molecule has 0 aromatic heterocycles. The molecule has 2 saturated heterocycles. The van der Waals surface area contributed by atoms with Crippen LogP contribution in [0.5, 0.6) is 0 Å². The van der Waals surface area contributed by atoms with Crippen molar-refractivity contribution in [2.45, 2.75) is 38.7 Å². The van der Waals surface area contributed by atoms with E-state index >= 15 is 0 Å². The van der Waals surface area contributed by atoms with Crippen LogP contribution in [0.25, 0.3) is 0 Å². The molecule has 2 aliphatic rings. The number of aliphatic hydroxyl groups excluding tert-OH is 1. The molecule has 4 heteroatoms. The van der Waals surface area contributed by atoms with Gasteiger partial charge in [0.1, 0.15) is 0 Å². The summed E-state index contributed by atoms with van der Waals surface area (Å²) in [6.45, 7) is 5.87. The Bertz CT molecular complexity index is 526. The van der Waals surface area contributed by atoms with Crippen molar-refractivity contribution >= 4 is 5.91 Å². The Kier molecular flexibility index (Phi) is 5.90. The fourth-order valence-electron chi connectivity index (χ4n) is 3.88. The van der Waals surface area contributed by atoms with Crippen LogP contribution in [-0.4, -0.2) is 59.6 Å². The van der Waals surface area contributed by atoms with E-state index in [1.54, 1.807) is 0 Å². The molecule has 2 fully saturated rings. The Hall–Kier alpha value is -1.39. The molecule has 0 saturated carbocycles. The number of β-amino-alcohol motifs (C(OH)–C–C–N with tert-alkyl or cyclic N) is 1. The normalized spacial score (nSPS) is 26.5. The molecule has 2 aliphatic heterocycles. The first kappa shape index (κ1) is 17.4. The van der Waals surface area contributed by atoms with Crippen LogP contribution in [0.1, 0.15) is 31.7 Å². The summed E-state index contributed by atoms with van der Waals surface area (Å²) < 4.78 is 0. The second kappa shape index (κ2) is 8.13. The van der Waals surface area contributed by atoms with E-state index in [1.165, 1.54) is 5.56 Å². The summed E-state index contributed by atoms with van der Waals surface area (Å²) in [6, 6.07) is 10.6. The minimum absolute atomic E-state index is 0.231. The summed E-state index contributed by atoms with van der Waals surface area (Å²) in [4.78, 5) is 16.7. The van der Waals surface area contributed by atoms with Gasteiger partial charge in [0.2, 0.25) is 5.91 Å². The Labute approximate surface area is 145 Å². The number of hydrogen-bond donors (Lipinski definition) is 1. The molecule has 3 rings (SSSR count). The third-order valence-electron chi connectivity index (χ3n) is 5.70. The molecule has 4 nitrogen and oxygen atoms in total. The van der Waals surface area contributed by atoms with Crippen LogP contribution < -0.4 is 0 Å². The zero-order valence-corrected chi connectivity index (χ0v) is 14.7. The van der Waals surface area contributed by atoms with Gasteiger partial charge >= 0.3 is 0 Å². The van der Waals surface area contributed by atoms with Crippen molar-refractivity contribution in [1.29, 1.82) is 0 Å². The highest BCUT2D eigenvalue weighted by Gasteiger charge is 2.28. The summed E-state index contributed by atoms with van der Waals surface area (Å²) in [5, 5.41) is 9.98. The summed E-state index contributed by atoms with van der Waals surface area (Å²) in [5.74, 6) is 1.27. The van der Waals surface area contributed by atoms with Crippen molar-refractivity contribution in [2.75, 3.05) is 32.7 Å². The van der Waals surface area contributed by atoms with Crippen LogP contribution >= 0.6 is 0 Å². The minimum atomic E-state index is -0.289. The van der Waals surface area contributed by atoms with E-state index in [-0.39, 0.29) is 12.0 Å².